The molecular formula is C22H23FN4O4S2. The van der Waals surface area contributed by atoms with E-state index in [-0.39, 0.29) is 23.4 Å². The average molecular weight is 491 g/mol. The first-order valence-corrected chi connectivity index (χ1v) is 12.0. The fraction of sp³-hybridized carbons (Fsp3) is 0.273. The standard InChI is InChI=1S/C22H23FN4O4S2/c1-3-30-17-10-7-15(11-18(17)31-4-2)20(29)25-21-26-27-22(33-21)32-13-19(28)24-12-14-5-8-16(23)9-6-14/h5-11H,3-4,12-13H2,1-2H3,(H,24,28)(H,25,26,29). The first-order valence-electron chi connectivity index (χ1n) is 10.2. The summed E-state index contributed by atoms with van der Waals surface area (Å²) in [4.78, 5) is 24.6. The molecule has 0 aliphatic heterocycles. The summed E-state index contributed by atoms with van der Waals surface area (Å²) in [6.07, 6.45) is 0. The van der Waals surface area contributed by atoms with E-state index in [2.05, 4.69) is 20.8 Å². The first kappa shape index (κ1) is 24.5. The number of hydrogen-bond donors (Lipinski definition) is 2. The van der Waals surface area contributed by atoms with E-state index in [0.717, 1.165) is 5.56 Å². The minimum atomic E-state index is -0.358. The average Bonchev–Trinajstić information content (AvgIpc) is 3.26. The summed E-state index contributed by atoms with van der Waals surface area (Å²) in [5.41, 5.74) is 1.20. The van der Waals surface area contributed by atoms with E-state index < -0.39 is 0 Å². The summed E-state index contributed by atoms with van der Waals surface area (Å²) in [5, 5.41) is 13.7. The van der Waals surface area contributed by atoms with Gasteiger partial charge in [-0.25, -0.2) is 4.39 Å². The van der Waals surface area contributed by atoms with E-state index in [4.69, 9.17) is 9.47 Å². The maximum absolute atomic E-state index is 12.9. The van der Waals surface area contributed by atoms with E-state index in [9.17, 15) is 14.0 Å². The van der Waals surface area contributed by atoms with Crippen LogP contribution in [0, 0.1) is 5.82 Å². The zero-order chi connectivity index (χ0) is 23.6. The largest absolute Gasteiger partial charge is 0.490 e. The molecule has 11 heteroatoms. The normalized spacial score (nSPS) is 10.5. The van der Waals surface area contributed by atoms with E-state index in [0.29, 0.717) is 46.3 Å². The number of hydrogen-bond acceptors (Lipinski definition) is 8. The molecule has 3 rings (SSSR count). The smallest absolute Gasteiger partial charge is 0.257 e. The van der Waals surface area contributed by atoms with Gasteiger partial charge in [0.2, 0.25) is 11.0 Å². The van der Waals surface area contributed by atoms with Crippen LogP contribution in [-0.2, 0) is 11.3 Å². The van der Waals surface area contributed by atoms with Crippen LogP contribution in [0.3, 0.4) is 0 Å². The Hall–Kier alpha value is -3.18. The Kier molecular flexibility index (Phi) is 9.02. The lowest BCUT2D eigenvalue weighted by atomic mass is 10.2. The molecule has 0 radical (unpaired) electrons. The van der Waals surface area contributed by atoms with Gasteiger partial charge in [-0.1, -0.05) is 35.2 Å². The van der Waals surface area contributed by atoms with E-state index in [1.807, 2.05) is 13.8 Å². The number of thioether (sulfide) groups is 1. The molecule has 2 N–H and O–H groups in total. The Morgan fingerprint density at radius 2 is 1.76 bits per heavy atom. The highest BCUT2D eigenvalue weighted by Crippen LogP contribution is 2.30. The lowest BCUT2D eigenvalue weighted by Crippen LogP contribution is -2.24. The number of carbonyl (C=O) groups excluding carboxylic acids is 2. The molecule has 2 amide bonds. The second kappa shape index (κ2) is 12.2. The van der Waals surface area contributed by atoms with Crippen molar-refractivity contribution in [3.05, 3.63) is 59.4 Å². The Labute approximate surface area is 198 Å². The molecule has 0 saturated carbocycles. The molecule has 33 heavy (non-hydrogen) atoms. The number of amides is 2. The number of aromatic nitrogens is 2. The molecule has 0 spiro atoms. The molecule has 0 aliphatic rings. The summed E-state index contributed by atoms with van der Waals surface area (Å²) in [7, 11) is 0. The molecule has 1 heterocycles. The Morgan fingerprint density at radius 3 is 2.48 bits per heavy atom. The van der Waals surface area contributed by atoms with Crippen LogP contribution in [0.2, 0.25) is 0 Å². The summed E-state index contributed by atoms with van der Waals surface area (Å²) in [5.74, 6) is 0.333. The number of anilines is 1. The van der Waals surface area contributed by atoms with E-state index in [1.165, 1.54) is 35.2 Å². The van der Waals surface area contributed by atoms with Gasteiger partial charge >= 0.3 is 0 Å². The molecule has 1 aromatic heterocycles. The van der Waals surface area contributed by atoms with Crippen molar-refractivity contribution in [1.29, 1.82) is 0 Å². The number of carbonyl (C=O) groups is 2. The van der Waals surface area contributed by atoms with Crippen LogP contribution in [-0.4, -0.2) is 41.0 Å². The van der Waals surface area contributed by atoms with Crippen LogP contribution in [0.1, 0.15) is 29.8 Å². The van der Waals surface area contributed by atoms with Crippen LogP contribution in [0.25, 0.3) is 0 Å². The third kappa shape index (κ3) is 7.43. The molecule has 0 atom stereocenters. The van der Waals surface area contributed by atoms with E-state index in [1.54, 1.807) is 30.3 Å². The fourth-order valence-corrected chi connectivity index (χ4v) is 4.24. The number of benzene rings is 2. The molecule has 8 nitrogen and oxygen atoms in total. The van der Waals surface area contributed by atoms with Gasteiger partial charge < -0.3 is 14.8 Å². The highest BCUT2D eigenvalue weighted by atomic mass is 32.2. The van der Waals surface area contributed by atoms with Gasteiger partial charge in [-0.2, -0.15) is 0 Å². The van der Waals surface area contributed by atoms with Crippen molar-refractivity contribution in [3.8, 4) is 11.5 Å². The van der Waals surface area contributed by atoms with Gasteiger partial charge in [-0.05, 0) is 49.7 Å². The predicted octanol–water partition coefficient (Wildman–Crippen LogP) is 4.14. The minimum Gasteiger partial charge on any atom is -0.490 e. The van der Waals surface area contributed by atoms with Crippen LogP contribution >= 0.6 is 23.1 Å². The van der Waals surface area contributed by atoms with Crippen molar-refractivity contribution in [2.75, 3.05) is 24.3 Å². The third-order valence-electron chi connectivity index (χ3n) is 4.16. The topological polar surface area (TPSA) is 102 Å². The van der Waals surface area contributed by atoms with Crippen LogP contribution < -0.4 is 20.1 Å². The Balaban J connectivity index is 1.50. The molecular weight excluding hydrogens is 467 g/mol. The number of nitrogens with zero attached hydrogens (tertiary/aromatic N) is 2. The van der Waals surface area contributed by atoms with Crippen LogP contribution in [0.4, 0.5) is 9.52 Å². The highest BCUT2D eigenvalue weighted by Gasteiger charge is 2.15. The fourth-order valence-electron chi connectivity index (χ4n) is 2.66. The molecule has 2 aromatic carbocycles. The monoisotopic (exact) mass is 490 g/mol. The zero-order valence-corrected chi connectivity index (χ0v) is 19.7. The van der Waals surface area contributed by atoms with Crippen molar-refractivity contribution in [3.63, 3.8) is 0 Å². The van der Waals surface area contributed by atoms with Gasteiger partial charge in [0.15, 0.2) is 15.8 Å². The van der Waals surface area contributed by atoms with Gasteiger partial charge in [0.25, 0.3) is 5.91 Å². The molecule has 0 fully saturated rings. The quantitative estimate of drug-likeness (QED) is 0.308. The highest BCUT2D eigenvalue weighted by molar-refractivity contribution is 8.01. The van der Waals surface area contributed by atoms with Crippen LogP contribution in [0.15, 0.2) is 46.8 Å². The first-order chi connectivity index (χ1) is 16.0. The van der Waals surface area contributed by atoms with Crippen molar-refractivity contribution >= 4 is 40.0 Å². The molecule has 0 saturated heterocycles. The number of halogens is 1. The second-order valence-corrected chi connectivity index (χ2v) is 8.75. The maximum atomic E-state index is 12.9. The Morgan fingerprint density at radius 1 is 1.03 bits per heavy atom. The minimum absolute atomic E-state index is 0.139. The molecule has 0 bridgehead atoms. The lowest BCUT2D eigenvalue weighted by Gasteiger charge is -2.12. The molecule has 0 unspecified atom stereocenters. The number of ether oxygens (including phenoxy) is 2. The summed E-state index contributed by atoms with van der Waals surface area (Å²) >= 11 is 2.38. The van der Waals surface area contributed by atoms with Gasteiger partial charge in [0.1, 0.15) is 5.82 Å². The summed E-state index contributed by atoms with van der Waals surface area (Å²) < 4.78 is 24.5. The summed E-state index contributed by atoms with van der Waals surface area (Å²) in [6, 6.07) is 10.9. The van der Waals surface area contributed by atoms with Crippen molar-refractivity contribution < 1.29 is 23.5 Å². The number of nitrogens with one attached hydrogen (secondary N) is 2. The van der Waals surface area contributed by atoms with E-state index >= 15 is 0 Å². The Bertz CT molecular complexity index is 1090. The third-order valence-corrected chi connectivity index (χ3v) is 6.13. The SMILES string of the molecule is CCOc1ccc(C(=O)Nc2nnc(SCC(=O)NCc3ccc(F)cc3)s2)cc1OCC. The van der Waals surface area contributed by atoms with Gasteiger partial charge in [0.05, 0.1) is 19.0 Å². The van der Waals surface area contributed by atoms with Crippen molar-refractivity contribution in [2.24, 2.45) is 0 Å². The van der Waals surface area contributed by atoms with Crippen molar-refractivity contribution in [1.82, 2.24) is 15.5 Å². The number of rotatable bonds is 11. The second-order valence-electron chi connectivity index (χ2n) is 6.55. The predicted molar refractivity (Wildman–Crippen MR) is 126 cm³/mol. The molecule has 174 valence electrons. The zero-order valence-electron chi connectivity index (χ0n) is 18.1. The van der Waals surface area contributed by atoms with Gasteiger partial charge in [-0.3, -0.25) is 14.9 Å². The summed E-state index contributed by atoms with van der Waals surface area (Å²) in [6.45, 7) is 4.96. The molecule has 0 aliphatic carbocycles. The van der Waals surface area contributed by atoms with Gasteiger partial charge in [-0.15, -0.1) is 10.2 Å². The van der Waals surface area contributed by atoms with Crippen molar-refractivity contribution in [2.45, 2.75) is 24.7 Å². The lowest BCUT2D eigenvalue weighted by molar-refractivity contribution is -0.118. The van der Waals surface area contributed by atoms with Gasteiger partial charge in [0, 0.05) is 12.1 Å². The molecule has 3 aromatic rings. The maximum Gasteiger partial charge on any atom is 0.257 e. The van der Waals surface area contributed by atoms with Crippen LogP contribution in [0.5, 0.6) is 11.5 Å².